The highest BCUT2D eigenvalue weighted by atomic mass is 35.5. The van der Waals surface area contributed by atoms with Crippen LogP contribution in [0.25, 0.3) is 11.4 Å². The van der Waals surface area contributed by atoms with Crippen molar-refractivity contribution in [3.63, 3.8) is 0 Å². The van der Waals surface area contributed by atoms with Crippen molar-refractivity contribution in [2.75, 3.05) is 23.0 Å². The number of benzene rings is 2. The van der Waals surface area contributed by atoms with E-state index in [-0.39, 0.29) is 0 Å². The number of halogens is 2. The molecule has 4 aromatic rings. The highest BCUT2D eigenvalue weighted by molar-refractivity contribution is 6.35. The van der Waals surface area contributed by atoms with Crippen LogP contribution in [0.15, 0.2) is 61.1 Å². The number of amides is 2. The normalized spacial score (nSPS) is 10.5. The van der Waals surface area contributed by atoms with E-state index in [0.29, 0.717) is 50.4 Å². The van der Waals surface area contributed by atoms with Crippen molar-refractivity contribution in [1.29, 1.82) is 0 Å². The highest BCUT2D eigenvalue weighted by Crippen LogP contribution is 2.32. The molecule has 172 valence electrons. The summed E-state index contributed by atoms with van der Waals surface area (Å²) in [4.78, 5) is 29.3. The topological polar surface area (TPSA) is 114 Å². The minimum Gasteiger partial charge on any atom is -0.438 e. The summed E-state index contributed by atoms with van der Waals surface area (Å²) in [5, 5.41) is 9.16. The molecule has 9 nitrogen and oxygen atoms in total. The average Bonchev–Trinajstić information content (AvgIpc) is 2.83. The molecule has 0 bridgehead atoms. The van der Waals surface area contributed by atoms with Crippen LogP contribution in [-0.4, -0.2) is 33.0 Å². The summed E-state index contributed by atoms with van der Waals surface area (Å²) in [6, 6.07) is 13.2. The predicted molar refractivity (Wildman–Crippen MR) is 133 cm³/mol. The molecule has 0 unspecified atom stereocenters. The monoisotopic (exact) mass is 495 g/mol. The maximum atomic E-state index is 12.4. The molecule has 0 aliphatic carbocycles. The Labute approximate surface area is 205 Å². The van der Waals surface area contributed by atoms with Gasteiger partial charge in [-0.1, -0.05) is 23.2 Å². The molecule has 0 saturated carbocycles. The largest absolute Gasteiger partial charge is 0.438 e. The van der Waals surface area contributed by atoms with Crippen LogP contribution in [0.1, 0.15) is 5.56 Å². The molecular formula is C23H19Cl2N7O2. The zero-order valence-corrected chi connectivity index (χ0v) is 19.6. The number of ether oxygens (including phenoxy) is 1. The summed E-state index contributed by atoms with van der Waals surface area (Å²) in [5.74, 6) is 1.76. The first-order chi connectivity index (χ1) is 16.4. The van der Waals surface area contributed by atoms with Crippen LogP contribution in [0, 0.1) is 6.92 Å². The summed E-state index contributed by atoms with van der Waals surface area (Å²) < 4.78 is 6.06. The maximum absolute atomic E-state index is 12.4. The van der Waals surface area contributed by atoms with Gasteiger partial charge < -0.3 is 20.7 Å². The molecule has 0 radical (unpaired) electrons. The summed E-state index contributed by atoms with van der Waals surface area (Å²) >= 11 is 12.1. The van der Waals surface area contributed by atoms with Crippen molar-refractivity contribution < 1.29 is 9.53 Å². The van der Waals surface area contributed by atoms with Crippen molar-refractivity contribution in [2.45, 2.75) is 6.92 Å². The van der Waals surface area contributed by atoms with E-state index in [1.807, 2.05) is 13.0 Å². The first kappa shape index (κ1) is 23.2. The number of pyridine rings is 1. The minimum absolute atomic E-state index is 0.341. The number of anilines is 3. The van der Waals surface area contributed by atoms with Gasteiger partial charge >= 0.3 is 6.03 Å². The molecule has 0 fully saturated rings. The Morgan fingerprint density at radius 1 is 1.00 bits per heavy atom. The first-order valence-corrected chi connectivity index (χ1v) is 10.8. The van der Waals surface area contributed by atoms with Crippen molar-refractivity contribution in [2.24, 2.45) is 0 Å². The molecule has 0 atom stereocenters. The maximum Gasteiger partial charge on any atom is 0.323 e. The number of rotatable bonds is 6. The van der Waals surface area contributed by atoms with Gasteiger partial charge in [-0.15, -0.1) is 0 Å². The molecule has 0 saturated heterocycles. The van der Waals surface area contributed by atoms with Gasteiger partial charge in [0.25, 0.3) is 0 Å². The Kier molecular flexibility index (Phi) is 7.05. The molecule has 4 rings (SSSR count). The van der Waals surface area contributed by atoms with Gasteiger partial charge in [0.1, 0.15) is 12.1 Å². The van der Waals surface area contributed by atoms with Gasteiger partial charge in [0, 0.05) is 24.0 Å². The van der Waals surface area contributed by atoms with Crippen molar-refractivity contribution in [3.05, 3.63) is 76.7 Å². The van der Waals surface area contributed by atoms with Crippen LogP contribution in [0.2, 0.25) is 10.0 Å². The Bertz CT molecular complexity index is 1350. The lowest BCUT2D eigenvalue weighted by Crippen LogP contribution is -2.19. The molecule has 0 aliphatic heterocycles. The number of aromatic nitrogens is 4. The fourth-order valence-corrected chi connectivity index (χ4v) is 3.35. The summed E-state index contributed by atoms with van der Waals surface area (Å²) in [5.41, 5.74) is 2.37. The molecule has 2 aromatic carbocycles. The minimum atomic E-state index is -0.459. The second-order valence-corrected chi connectivity index (χ2v) is 7.87. The fraction of sp³-hybridized carbons (Fsp3) is 0.0870. The third-order valence-electron chi connectivity index (χ3n) is 4.62. The second kappa shape index (κ2) is 10.3. The number of nitrogens with one attached hydrogen (secondary N) is 3. The molecule has 11 heteroatoms. The third-order valence-corrected chi connectivity index (χ3v) is 5.19. The van der Waals surface area contributed by atoms with Gasteiger partial charge in [-0.3, -0.25) is 0 Å². The summed E-state index contributed by atoms with van der Waals surface area (Å²) in [7, 11) is 1.72. The molecule has 0 aliphatic rings. The van der Waals surface area contributed by atoms with Gasteiger partial charge in [-0.05, 0) is 61.0 Å². The average molecular weight is 496 g/mol. The smallest absolute Gasteiger partial charge is 0.323 e. The van der Waals surface area contributed by atoms with Gasteiger partial charge in [-0.2, -0.15) is 4.98 Å². The lowest BCUT2D eigenvalue weighted by Gasteiger charge is -2.13. The van der Waals surface area contributed by atoms with E-state index in [2.05, 4.69) is 35.9 Å². The summed E-state index contributed by atoms with van der Waals surface area (Å²) in [6.45, 7) is 1.86. The zero-order valence-electron chi connectivity index (χ0n) is 18.1. The molecule has 0 spiro atoms. The van der Waals surface area contributed by atoms with Crippen LogP contribution in [0.5, 0.6) is 11.6 Å². The second-order valence-electron chi connectivity index (χ2n) is 7.02. The van der Waals surface area contributed by atoms with E-state index in [9.17, 15) is 4.79 Å². The van der Waals surface area contributed by atoms with Crippen LogP contribution in [0.4, 0.5) is 22.1 Å². The molecule has 2 aromatic heterocycles. The van der Waals surface area contributed by atoms with E-state index >= 15 is 0 Å². The first-order valence-electron chi connectivity index (χ1n) is 10.1. The number of aryl methyl sites for hydroxylation is 1. The standard InChI is InChI=1S/C23H19Cl2N7O2/c1-13-10-15(30-23(33)31-18-11-14(24)5-7-17(18)25)6-8-19(13)34-21-16(4-3-9-27-21)20-28-12-29-22(26-2)32-20/h3-12H,1-2H3,(H2,30,31,33)(H,26,28,29,32). The molecular weight excluding hydrogens is 477 g/mol. The van der Waals surface area contributed by atoms with Crippen molar-refractivity contribution >= 4 is 46.6 Å². The Balaban J connectivity index is 1.50. The van der Waals surface area contributed by atoms with Crippen LogP contribution in [0.3, 0.4) is 0 Å². The molecule has 2 amide bonds. The van der Waals surface area contributed by atoms with E-state index in [1.54, 1.807) is 55.7 Å². The Morgan fingerprint density at radius 3 is 2.65 bits per heavy atom. The number of nitrogens with zero attached hydrogens (tertiary/aromatic N) is 4. The Hall–Kier alpha value is -3.95. The number of urea groups is 1. The summed E-state index contributed by atoms with van der Waals surface area (Å²) in [6.07, 6.45) is 3.04. The molecule has 2 heterocycles. The van der Waals surface area contributed by atoms with Gasteiger partial charge in [0.2, 0.25) is 11.8 Å². The van der Waals surface area contributed by atoms with Crippen LogP contribution >= 0.6 is 23.2 Å². The van der Waals surface area contributed by atoms with Gasteiger partial charge in [-0.25, -0.2) is 19.7 Å². The van der Waals surface area contributed by atoms with E-state index in [1.165, 1.54) is 6.33 Å². The van der Waals surface area contributed by atoms with Crippen LogP contribution in [-0.2, 0) is 0 Å². The van der Waals surface area contributed by atoms with E-state index in [0.717, 1.165) is 5.56 Å². The molecule has 34 heavy (non-hydrogen) atoms. The fourth-order valence-electron chi connectivity index (χ4n) is 3.01. The molecule has 3 N–H and O–H groups in total. The zero-order chi connectivity index (χ0) is 24.1. The van der Waals surface area contributed by atoms with Gasteiger partial charge in [0.15, 0.2) is 5.82 Å². The third kappa shape index (κ3) is 5.51. The SMILES string of the molecule is CNc1ncnc(-c2cccnc2Oc2ccc(NC(=O)Nc3cc(Cl)ccc3Cl)cc2C)n1. The Morgan fingerprint density at radius 2 is 1.85 bits per heavy atom. The highest BCUT2D eigenvalue weighted by Gasteiger charge is 2.14. The quantitative estimate of drug-likeness (QED) is 0.299. The number of hydrogen-bond donors (Lipinski definition) is 3. The van der Waals surface area contributed by atoms with Gasteiger partial charge in [0.05, 0.1) is 16.3 Å². The predicted octanol–water partition coefficient (Wildman–Crippen LogP) is 6.03. The van der Waals surface area contributed by atoms with E-state index < -0.39 is 6.03 Å². The number of hydrogen-bond acceptors (Lipinski definition) is 7. The number of carbonyl (C=O) groups excluding carboxylic acids is 1. The van der Waals surface area contributed by atoms with Crippen molar-refractivity contribution in [1.82, 2.24) is 19.9 Å². The lowest BCUT2D eigenvalue weighted by atomic mass is 10.2. The van der Waals surface area contributed by atoms with Crippen LogP contribution < -0.4 is 20.7 Å². The van der Waals surface area contributed by atoms with E-state index in [4.69, 9.17) is 27.9 Å². The number of carbonyl (C=O) groups is 1. The van der Waals surface area contributed by atoms with Crippen molar-refractivity contribution in [3.8, 4) is 23.0 Å². The lowest BCUT2D eigenvalue weighted by molar-refractivity contribution is 0.262.